The molecule has 2 atom stereocenters. The molecule has 0 saturated heterocycles. The van der Waals surface area contributed by atoms with Gasteiger partial charge in [-0.05, 0) is 25.0 Å². The number of benzene rings is 1. The molecule has 3 heteroatoms. The van der Waals surface area contributed by atoms with Crippen LogP contribution in [0.1, 0.15) is 33.0 Å². The first-order valence-electron chi connectivity index (χ1n) is 6.75. The van der Waals surface area contributed by atoms with Crippen LogP contribution in [0.3, 0.4) is 0 Å². The number of fused-ring (bicyclic) bond motifs is 1. The maximum absolute atomic E-state index is 6.47. The molecule has 0 aliphatic carbocycles. The molecule has 0 fully saturated rings. The SMILES string of the molecule is CCC(C)C(Cl)Cc1nc2ccccc2n1CC. The molecule has 2 rings (SSSR count). The summed E-state index contributed by atoms with van der Waals surface area (Å²) in [4.78, 5) is 4.72. The van der Waals surface area contributed by atoms with E-state index in [9.17, 15) is 0 Å². The van der Waals surface area contributed by atoms with E-state index in [0.717, 1.165) is 30.7 Å². The standard InChI is InChI=1S/C15H21ClN2/c1-4-11(3)12(16)10-15-17-13-8-6-7-9-14(13)18(15)5-2/h6-9,11-12H,4-5,10H2,1-3H3. The number of nitrogens with zero attached hydrogens (tertiary/aromatic N) is 2. The Balaban J connectivity index is 2.33. The zero-order chi connectivity index (χ0) is 13.1. The van der Waals surface area contributed by atoms with Gasteiger partial charge in [0, 0.05) is 18.3 Å². The van der Waals surface area contributed by atoms with Crippen molar-refractivity contribution >= 4 is 22.6 Å². The number of hydrogen-bond donors (Lipinski definition) is 0. The summed E-state index contributed by atoms with van der Waals surface area (Å²) in [6.45, 7) is 7.49. The lowest BCUT2D eigenvalue weighted by Gasteiger charge is -2.16. The minimum atomic E-state index is 0.164. The summed E-state index contributed by atoms with van der Waals surface area (Å²) in [7, 11) is 0. The van der Waals surface area contributed by atoms with E-state index in [2.05, 4.69) is 43.5 Å². The molecule has 98 valence electrons. The van der Waals surface area contributed by atoms with Crippen LogP contribution in [0.2, 0.25) is 0 Å². The molecule has 0 aliphatic rings. The Kier molecular flexibility index (Phi) is 4.28. The Morgan fingerprint density at radius 2 is 2.00 bits per heavy atom. The van der Waals surface area contributed by atoms with Crippen molar-refractivity contribution in [3.63, 3.8) is 0 Å². The van der Waals surface area contributed by atoms with Gasteiger partial charge >= 0.3 is 0 Å². The lowest BCUT2D eigenvalue weighted by atomic mass is 10.0. The van der Waals surface area contributed by atoms with Gasteiger partial charge in [0.05, 0.1) is 11.0 Å². The number of hydrogen-bond acceptors (Lipinski definition) is 1. The fourth-order valence-electron chi connectivity index (χ4n) is 2.27. The van der Waals surface area contributed by atoms with Gasteiger partial charge < -0.3 is 4.57 Å². The molecule has 2 nitrogen and oxygen atoms in total. The summed E-state index contributed by atoms with van der Waals surface area (Å²) in [6.07, 6.45) is 1.96. The first kappa shape index (κ1) is 13.4. The molecule has 0 bridgehead atoms. The van der Waals surface area contributed by atoms with Gasteiger partial charge in [0.2, 0.25) is 0 Å². The van der Waals surface area contributed by atoms with E-state index in [0.29, 0.717) is 5.92 Å². The maximum Gasteiger partial charge on any atom is 0.111 e. The number of alkyl halides is 1. The summed E-state index contributed by atoms with van der Waals surface area (Å²) in [6, 6.07) is 8.29. The lowest BCUT2D eigenvalue weighted by molar-refractivity contribution is 0.510. The third kappa shape index (κ3) is 2.54. The van der Waals surface area contributed by atoms with Crippen LogP contribution in [-0.4, -0.2) is 14.9 Å². The summed E-state index contributed by atoms with van der Waals surface area (Å²) in [5, 5.41) is 0.164. The molecule has 1 heterocycles. The largest absolute Gasteiger partial charge is 0.328 e. The number of rotatable bonds is 5. The van der Waals surface area contributed by atoms with Crippen LogP contribution in [0.15, 0.2) is 24.3 Å². The van der Waals surface area contributed by atoms with Gasteiger partial charge in [0.15, 0.2) is 0 Å². The maximum atomic E-state index is 6.47. The quantitative estimate of drug-likeness (QED) is 0.738. The van der Waals surface area contributed by atoms with Crippen molar-refractivity contribution in [3.05, 3.63) is 30.1 Å². The zero-order valence-corrected chi connectivity index (χ0v) is 12.1. The summed E-state index contributed by atoms with van der Waals surface area (Å²) >= 11 is 6.47. The van der Waals surface area contributed by atoms with Crippen LogP contribution in [0, 0.1) is 5.92 Å². The van der Waals surface area contributed by atoms with Crippen LogP contribution in [0.4, 0.5) is 0 Å². The Morgan fingerprint density at radius 1 is 1.28 bits per heavy atom. The molecule has 0 amide bonds. The second kappa shape index (κ2) is 5.75. The van der Waals surface area contributed by atoms with Gasteiger partial charge in [0.1, 0.15) is 5.82 Å². The first-order chi connectivity index (χ1) is 8.67. The van der Waals surface area contributed by atoms with Crippen molar-refractivity contribution < 1.29 is 0 Å². The van der Waals surface area contributed by atoms with Crippen molar-refractivity contribution in [2.75, 3.05) is 0 Å². The number of para-hydroxylation sites is 2. The molecule has 18 heavy (non-hydrogen) atoms. The van der Waals surface area contributed by atoms with E-state index in [1.807, 2.05) is 6.07 Å². The molecular weight excluding hydrogens is 244 g/mol. The van der Waals surface area contributed by atoms with E-state index in [1.165, 1.54) is 5.52 Å². The van der Waals surface area contributed by atoms with Crippen molar-refractivity contribution in [3.8, 4) is 0 Å². The minimum absolute atomic E-state index is 0.164. The van der Waals surface area contributed by atoms with Gasteiger partial charge in [0.25, 0.3) is 0 Å². The first-order valence-corrected chi connectivity index (χ1v) is 7.19. The second-order valence-electron chi connectivity index (χ2n) is 4.87. The van der Waals surface area contributed by atoms with Gasteiger partial charge in [-0.25, -0.2) is 4.98 Å². The molecule has 2 aromatic rings. The third-order valence-electron chi connectivity index (χ3n) is 3.69. The highest BCUT2D eigenvalue weighted by Gasteiger charge is 2.17. The van der Waals surface area contributed by atoms with Gasteiger partial charge in [-0.15, -0.1) is 11.6 Å². The van der Waals surface area contributed by atoms with Crippen LogP contribution in [0.25, 0.3) is 11.0 Å². The number of halogens is 1. The Morgan fingerprint density at radius 3 is 2.67 bits per heavy atom. The Labute approximate surface area is 114 Å². The van der Waals surface area contributed by atoms with Crippen LogP contribution in [0.5, 0.6) is 0 Å². The van der Waals surface area contributed by atoms with Gasteiger partial charge in [-0.3, -0.25) is 0 Å². The average molecular weight is 265 g/mol. The lowest BCUT2D eigenvalue weighted by Crippen LogP contribution is -2.16. The van der Waals surface area contributed by atoms with Crippen molar-refractivity contribution in [2.45, 2.75) is 45.5 Å². The second-order valence-corrected chi connectivity index (χ2v) is 5.43. The summed E-state index contributed by atoms with van der Waals surface area (Å²) in [5.41, 5.74) is 2.28. The van der Waals surface area contributed by atoms with Crippen LogP contribution >= 0.6 is 11.6 Å². The normalized spacial score (nSPS) is 14.9. The van der Waals surface area contributed by atoms with Crippen molar-refractivity contribution in [1.82, 2.24) is 9.55 Å². The van der Waals surface area contributed by atoms with E-state index in [-0.39, 0.29) is 5.38 Å². The summed E-state index contributed by atoms with van der Waals surface area (Å²) < 4.78 is 2.27. The molecule has 0 aliphatic heterocycles. The number of aryl methyl sites for hydroxylation is 1. The van der Waals surface area contributed by atoms with E-state index in [1.54, 1.807) is 0 Å². The Hall–Kier alpha value is -1.02. The third-order valence-corrected chi connectivity index (χ3v) is 4.27. The average Bonchev–Trinajstić information content (AvgIpc) is 2.74. The van der Waals surface area contributed by atoms with Crippen molar-refractivity contribution in [2.24, 2.45) is 5.92 Å². The monoisotopic (exact) mass is 264 g/mol. The highest BCUT2D eigenvalue weighted by molar-refractivity contribution is 6.20. The molecule has 2 unspecified atom stereocenters. The fraction of sp³-hybridized carbons (Fsp3) is 0.533. The Bertz CT molecular complexity index is 518. The zero-order valence-electron chi connectivity index (χ0n) is 11.4. The van der Waals surface area contributed by atoms with E-state index >= 15 is 0 Å². The minimum Gasteiger partial charge on any atom is -0.328 e. The smallest absolute Gasteiger partial charge is 0.111 e. The predicted molar refractivity (Wildman–Crippen MR) is 78.2 cm³/mol. The predicted octanol–water partition coefficient (Wildman–Crippen LogP) is 4.25. The number of imidazole rings is 1. The number of aromatic nitrogens is 2. The molecular formula is C15H21ClN2. The van der Waals surface area contributed by atoms with Gasteiger partial charge in [-0.2, -0.15) is 0 Å². The van der Waals surface area contributed by atoms with E-state index < -0.39 is 0 Å². The summed E-state index contributed by atoms with van der Waals surface area (Å²) in [5.74, 6) is 1.63. The fourth-order valence-corrected chi connectivity index (χ4v) is 2.58. The molecule has 0 N–H and O–H groups in total. The molecule has 0 saturated carbocycles. The van der Waals surface area contributed by atoms with Crippen LogP contribution < -0.4 is 0 Å². The highest BCUT2D eigenvalue weighted by atomic mass is 35.5. The van der Waals surface area contributed by atoms with E-state index in [4.69, 9.17) is 16.6 Å². The van der Waals surface area contributed by atoms with Crippen LogP contribution in [-0.2, 0) is 13.0 Å². The molecule has 0 spiro atoms. The van der Waals surface area contributed by atoms with Gasteiger partial charge in [-0.1, -0.05) is 32.4 Å². The topological polar surface area (TPSA) is 17.8 Å². The molecule has 0 radical (unpaired) electrons. The molecule has 1 aromatic heterocycles. The van der Waals surface area contributed by atoms with Crippen molar-refractivity contribution in [1.29, 1.82) is 0 Å². The molecule has 1 aromatic carbocycles. The highest BCUT2D eigenvalue weighted by Crippen LogP contribution is 2.22.